The van der Waals surface area contributed by atoms with Gasteiger partial charge in [-0.1, -0.05) is 6.42 Å². The van der Waals surface area contributed by atoms with E-state index in [2.05, 4.69) is 20.3 Å². The molecule has 3 N–H and O–H groups in total. The minimum atomic E-state index is -0.788. The van der Waals surface area contributed by atoms with Gasteiger partial charge >= 0.3 is 0 Å². The molecule has 0 aromatic carbocycles. The fourth-order valence-corrected chi connectivity index (χ4v) is 5.81. The Morgan fingerprint density at radius 1 is 1.19 bits per heavy atom. The summed E-state index contributed by atoms with van der Waals surface area (Å²) in [5.74, 6) is 2.00. The average Bonchev–Trinajstić information content (AvgIpc) is 3.51. The van der Waals surface area contributed by atoms with E-state index in [1.54, 1.807) is 6.33 Å². The van der Waals surface area contributed by atoms with E-state index in [9.17, 15) is 10.2 Å². The highest BCUT2D eigenvalue weighted by Crippen LogP contribution is 2.58. The van der Waals surface area contributed by atoms with Crippen molar-refractivity contribution in [2.24, 2.45) is 23.2 Å². The molecule has 0 spiro atoms. The Kier molecular flexibility index (Phi) is 3.39. The van der Waals surface area contributed by atoms with Crippen molar-refractivity contribution in [2.45, 2.75) is 56.8 Å². The molecule has 4 aliphatic carbocycles. The summed E-state index contributed by atoms with van der Waals surface area (Å²) in [6, 6.07) is -0.196. The quantitative estimate of drug-likeness (QED) is 0.679. The van der Waals surface area contributed by atoms with Crippen molar-refractivity contribution in [3.8, 4) is 0 Å². The van der Waals surface area contributed by atoms with E-state index in [1.165, 1.54) is 32.1 Å². The Balaban J connectivity index is 1.33. The molecular formula is C19H24ClN5O2. The largest absolute Gasteiger partial charge is 0.390 e. The number of fused-ring (bicyclic) bond motifs is 2. The molecule has 5 atom stereocenters. The molecule has 27 heavy (non-hydrogen) atoms. The summed E-state index contributed by atoms with van der Waals surface area (Å²) in [5.41, 5.74) is 1.74. The molecular weight excluding hydrogens is 366 g/mol. The minimum absolute atomic E-state index is 0.182. The first-order valence-corrected chi connectivity index (χ1v) is 10.5. The second-order valence-electron chi connectivity index (χ2n) is 9.04. The molecule has 8 heteroatoms. The maximum atomic E-state index is 10.5. The van der Waals surface area contributed by atoms with Crippen LogP contribution in [0.1, 0.15) is 44.6 Å². The van der Waals surface area contributed by atoms with E-state index < -0.39 is 12.2 Å². The predicted octanol–water partition coefficient (Wildman–Crippen LogP) is 2.38. The Morgan fingerprint density at radius 3 is 2.63 bits per heavy atom. The Morgan fingerprint density at radius 2 is 2.00 bits per heavy atom. The van der Waals surface area contributed by atoms with Crippen molar-refractivity contribution in [2.75, 3.05) is 11.9 Å². The zero-order chi connectivity index (χ0) is 18.3. The van der Waals surface area contributed by atoms with Crippen LogP contribution in [0.15, 0.2) is 6.33 Å². The molecule has 2 aromatic heterocycles. The van der Waals surface area contributed by atoms with Crippen LogP contribution in [0, 0.1) is 23.2 Å². The van der Waals surface area contributed by atoms with E-state index in [-0.39, 0.29) is 23.2 Å². The highest BCUT2D eigenvalue weighted by molar-refractivity contribution is 6.28. The molecule has 144 valence electrons. The number of nitrogens with one attached hydrogen (secondary N) is 1. The monoisotopic (exact) mass is 389 g/mol. The normalized spacial score (nSPS) is 36.5. The summed E-state index contributed by atoms with van der Waals surface area (Å²) in [6.45, 7) is 0.905. The number of hydrogen-bond acceptors (Lipinski definition) is 6. The Hall–Kier alpha value is -1.44. The van der Waals surface area contributed by atoms with Gasteiger partial charge in [0.15, 0.2) is 17.0 Å². The number of rotatable bonds is 5. The summed E-state index contributed by atoms with van der Waals surface area (Å²) in [4.78, 5) is 13.3. The zero-order valence-electron chi connectivity index (χ0n) is 15.1. The summed E-state index contributed by atoms with van der Waals surface area (Å²) in [6.07, 6.45) is 7.79. The first kappa shape index (κ1) is 16.5. The smallest absolute Gasteiger partial charge is 0.226 e. The third kappa shape index (κ3) is 2.37. The molecule has 0 unspecified atom stereocenters. The average molecular weight is 390 g/mol. The van der Waals surface area contributed by atoms with Gasteiger partial charge in [-0.15, -0.1) is 0 Å². The lowest BCUT2D eigenvalue weighted by molar-refractivity contribution is 0.00386. The highest BCUT2D eigenvalue weighted by atomic mass is 35.5. The van der Waals surface area contributed by atoms with E-state index in [0.717, 1.165) is 18.9 Å². The maximum absolute atomic E-state index is 10.5. The van der Waals surface area contributed by atoms with Crippen molar-refractivity contribution in [3.05, 3.63) is 11.6 Å². The van der Waals surface area contributed by atoms with E-state index in [0.29, 0.717) is 22.4 Å². The molecule has 4 aliphatic rings. The topological polar surface area (TPSA) is 96.1 Å². The van der Waals surface area contributed by atoms with Gasteiger partial charge in [0.25, 0.3) is 0 Å². The first-order chi connectivity index (χ1) is 13.1. The van der Waals surface area contributed by atoms with Crippen LogP contribution < -0.4 is 5.32 Å². The number of imidazole rings is 1. The van der Waals surface area contributed by atoms with Gasteiger partial charge in [-0.05, 0) is 66.9 Å². The lowest BCUT2D eigenvalue weighted by Crippen LogP contribution is -2.38. The maximum Gasteiger partial charge on any atom is 0.226 e. The van der Waals surface area contributed by atoms with E-state index in [4.69, 9.17) is 11.6 Å². The Labute approximate surface area is 162 Å². The molecule has 6 rings (SSSR count). The van der Waals surface area contributed by atoms with Crippen LogP contribution in [0.5, 0.6) is 0 Å². The second-order valence-corrected chi connectivity index (χ2v) is 9.38. The van der Waals surface area contributed by atoms with Crippen LogP contribution in [0.3, 0.4) is 0 Å². The predicted molar refractivity (Wildman–Crippen MR) is 100 cm³/mol. The van der Waals surface area contributed by atoms with Gasteiger partial charge in [-0.25, -0.2) is 4.98 Å². The Bertz CT molecular complexity index is 909. The van der Waals surface area contributed by atoms with Crippen molar-refractivity contribution in [1.29, 1.82) is 0 Å². The van der Waals surface area contributed by atoms with Crippen molar-refractivity contribution >= 4 is 28.6 Å². The van der Waals surface area contributed by atoms with Gasteiger partial charge in [0.2, 0.25) is 5.28 Å². The summed E-state index contributed by atoms with van der Waals surface area (Å²) in [7, 11) is 0. The van der Waals surface area contributed by atoms with Crippen LogP contribution >= 0.6 is 11.6 Å². The molecule has 0 saturated heterocycles. The molecule has 0 radical (unpaired) electrons. The standard InChI is InChI=1S/C19H24ClN5O2/c20-18-23-16(21-7-19(4-1-5-19)9-2-3-9)12-17(24-18)25(8-22-12)13-10-6-11(10)14(26)15(13)27/h8-11,13-15,26-27H,1-7H2,(H,21,23,24)/t10-,11+,13+,14+,15-/m0/s1. The number of nitrogens with zero attached hydrogens (tertiary/aromatic N) is 4. The summed E-state index contributed by atoms with van der Waals surface area (Å²) in [5, 5.41) is 24.3. The number of aromatic nitrogens is 4. The summed E-state index contributed by atoms with van der Waals surface area (Å²) >= 11 is 6.23. The fourth-order valence-electron chi connectivity index (χ4n) is 5.65. The lowest BCUT2D eigenvalue weighted by atomic mass is 9.65. The molecule has 0 bridgehead atoms. The summed E-state index contributed by atoms with van der Waals surface area (Å²) < 4.78 is 1.89. The van der Waals surface area contributed by atoms with Crippen LogP contribution in [-0.4, -0.2) is 48.5 Å². The molecule has 7 nitrogen and oxygen atoms in total. The molecule has 0 amide bonds. The number of anilines is 1. The van der Waals surface area contributed by atoms with Crippen molar-refractivity contribution in [1.82, 2.24) is 19.5 Å². The van der Waals surface area contributed by atoms with Crippen LogP contribution in [0.2, 0.25) is 5.28 Å². The lowest BCUT2D eigenvalue weighted by Gasteiger charge is -2.42. The van der Waals surface area contributed by atoms with E-state index >= 15 is 0 Å². The number of aliphatic hydroxyl groups is 2. The van der Waals surface area contributed by atoms with Gasteiger partial charge in [0.1, 0.15) is 6.10 Å². The zero-order valence-corrected chi connectivity index (χ0v) is 15.8. The van der Waals surface area contributed by atoms with Gasteiger partial charge in [-0.3, -0.25) is 0 Å². The van der Waals surface area contributed by atoms with Crippen molar-refractivity contribution in [3.63, 3.8) is 0 Å². The van der Waals surface area contributed by atoms with Gasteiger partial charge in [0, 0.05) is 6.54 Å². The SMILES string of the molecule is O[C@@H]1[C@H](O)[C@@H]2C[C@@H]2[C@H]1n1cnc2c(NCC3(C4CC4)CCC3)nc(Cl)nc21. The first-order valence-electron chi connectivity index (χ1n) is 10.1. The van der Waals surface area contributed by atoms with Crippen LogP contribution in [0.25, 0.3) is 11.2 Å². The second kappa shape index (κ2) is 5.55. The fraction of sp³-hybridized carbons (Fsp3) is 0.737. The third-order valence-corrected chi connectivity index (χ3v) is 7.75. The highest BCUT2D eigenvalue weighted by Gasteiger charge is 2.60. The van der Waals surface area contributed by atoms with Gasteiger partial charge in [0.05, 0.1) is 18.5 Å². The number of hydrogen-bond donors (Lipinski definition) is 3. The third-order valence-electron chi connectivity index (χ3n) is 7.58. The molecule has 4 fully saturated rings. The van der Waals surface area contributed by atoms with Gasteiger partial charge < -0.3 is 20.1 Å². The molecule has 2 heterocycles. The van der Waals surface area contributed by atoms with Crippen LogP contribution in [-0.2, 0) is 0 Å². The number of aliphatic hydroxyl groups excluding tert-OH is 2. The minimum Gasteiger partial charge on any atom is -0.390 e. The van der Waals surface area contributed by atoms with Crippen LogP contribution in [0.4, 0.5) is 5.82 Å². The van der Waals surface area contributed by atoms with Gasteiger partial charge in [-0.2, -0.15) is 9.97 Å². The van der Waals surface area contributed by atoms with E-state index in [1.807, 2.05) is 4.57 Å². The molecule has 4 saturated carbocycles. The molecule has 0 aliphatic heterocycles. The van der Waals surface area contributed by atoms with Crippen molar-refractivity contribution < 1.29 is 10.2 Å². The molecule has 2 aromatic rings. The number of halogens is 1.